The van der Waals surface area contributed by atoms with E-state index in [0.29, 0.717) is 0 Å². The molecule has 104 valence electrons. The number of thiazole rings is 1. The molecule has 0 aliphatic carbocycles. The molecule has 0 fully saturated rings. The molecule has 0 saturated carbocycles. The average molecular weight is 306 g/mol. The third kappa shape index (κ3) is 3.03. The van der Waals surface area contributed by atoms with Crippen LogP contribution in [0.3, 0.4) is 0 Å². The maximum atomic E-state index is 5.98. The Balaban J connectivity index is 1.57. The van der Waals surface area contributed by atoms with E-state index in [1.165, 1.54) is 16.0 Å². The fraction of sp³-hybridized carbons (Fsp3) is 0.267. The molecule has 0 atom stereocenters. The minimum Gasteiger partial charge on any atom is -0.361 e. The van der Waals surface area contributed by atoms with Crippen LogP contribution < -0.4 is 5.32 Å². The molecular weight excluding hydrogens is 290 g/mol. The van der Waals surface area contributed by atoms with E-state index >= 15 is 0 Å². The summed E-state index contributed by atoms with van der Waals surface area (Å²) >= 11 is 7.71. The summed E-state index contributed by atoms with van der Waals surface area (Å²) in [5.74, 6) is 0. The number of hydrogen-bond acceptors (Lipinski definition) is 3. The fourth-order valence-electron chi connectivity index (χ4n) is 2.24. The lowest BCUT2D eigenvalue weighted by Crippen LogP contribution is -2.16. The van der Waals surface area contributed by atoms with Crippen LogP contribution in [0.2, 0.25) is 5.02 Å². The molecule has 0 aliphatic heterocycles. The first-order valence-electron chi connectivity index (χ1n) is 6.59. The van der Waals surface area contributed by atoms with Crippen molar-refractivity contribution >= 4 is 33.8 Å². The largest absolute Gasteiger partial charge is 0.361 e. The summed E-state index contributed by atoms with van der Waals surface area (Å²) in [6.45, 7) is 3.82. The molecule has 0 bridgehead atoms. The summed E-state index contributed by atoms with van der Waals surface area (Å²) in [5.41, 5.74) is 3.47. The third-order valence-electron chi connectivity index (χ3n) is 3.23. The number of aryl methyl sites for hydroxylation is 1. The van der Waals surface area contributed by atoms with E-state index in [-0.39, 0.29) is 0 Å². The zero-order chi connectivity index (χ0) is 13.9. The SMILES string of the molecule is Cc1csc(CCNCc2c[nH]c3cc(Cl)ccc23)n1. The lowest BCUT2D eigenvalue weighted by molar-refractivity contribution is 0.687. The van der Waals surface area contributed by atoms with Crippen LogP contribution in [0.1, 0.15) is 16.3 Å². The number of fused-ring (bicyclic) bond motifs is 1. The lowest BCUT2D eigenvalue weighted by Gasteiger charge is -2.02. The van der Waals surface area contributed by atoms with Gasteiger partial charge >= 0.3 is 0 Å². The highest BCUT2D eigenvalue weighted by Gasteiger charge is 2.04. The van der Waals surface area contributed by atoms with E-state index < -0.39 is 0 Å². The summed E-state index contributed by atoms with van der Waals surface area (Å²) in [6.07, 6.45) is 3.02. The van der Waals surface area contributed by atoms with Gasteiger partial charge in [0.1, 0.15) is 0 Å². The minimum atomic E-state index is 0.762. The second kappa shape index (κ2) is 5.95. The predicted molar refractivity (Wildman–Crippen MR) is 85.6 cm³/mol. The summed E-state index contributed by atoms with van der Waals surface area (Å²) in [4.78, 5) is 7.72. The number of benzene rings is 1. The van der Waals surface area contributed by atoms with E-state index in [4.69, 9.17) is 11.6 Å². The highest BCUT2D eigenvalue weighted by molar-refractivity contribution is 7.09. The number of rotatable bonds is 5. The van der Waals surface area contributed by atoms with Crippen molar-refractivity contribution in [2.45, 2.75) is 19.9 Å². The van der Waals surface area contributed by atoms with Crippen LogP contribution in [0, 0.1) is 6.92 Å². The number of H-pyrrole nitrogens is 1. The van der Waals surface area contributed by atoms with Crippen LogP contribution in [0.5, 0.6) is 0 Å². The van der Waals surface area contributed by atoms with Crippen molar-refractivity contribution < 1.29 is 0 Å². The van der Waals surface area contributed by atoms with Crippen LogP contribution in [0.15, 0.2) is 29.8 Å². The predicted octanol–water partition coefficient (Wildman–Crippen LogP) is 3.92. The van der Waals surface area contributed by atoms with Gasteiger partial charge < -0.3 is 10.3 Å². The second-order valence-electron chi connectivity index (χ2n) is 4.81. The molecule has 0 unspecified atom stereocenters. The van der Waals surface area contributed by atoms with Gasteiger partial charge in [-0.05, 0) is 24.6 Å². The molecule has 3 aromatic rings. The standard InChI is InChI=1S/C15H16ClN3S/c1-10-9-20-15(19-10)4-5-17-7-11-8-18-14-6-12(16)2-3-13(11)14/h2-3,6,8-9,17-18H,4-5,7H2,1H3. The summed E-state index contributed by atoms with van der Waals surface area (Å²) in [6, 6.07) is 5.95. The Bertz CT molecular complexity index is 717. The zero-order valence-electron chi connectivity index (χ0n) is 11.2. The molecule has 0 spiro atoms. The molecule has 0 amide bonds. The van der Waals surface area contributed by atoms with Crippen molar-refractivity contribution in [3.05, 3.63) is 51.1 Å². The molecule has 0 saturated heterocycles. The number of nitrogens with one attached hydrogen (secondary N) is 2. The lowest BCUT2D eigenvalue weighted by atomic mass is 10.2. The summed E-state index contributed by atoms with van der Waals surface area (Å²) in [5, 5.41) is 8.75. The van der Waals surface area contributed by atoms with E-state index in [9.17, 15) is 0 Å². The molecule has 2 N–H and O–H groups in total. The van der Waals surface area contributed by atoms with Crippen LogP contribution >= 0.6 is 22.9 Å². The van der Waals surface area contributed by atoms with Gasteiger partial charge in [0, 0.05) is 52.7 Å². The van der Waals surface area contributed by atoms with Crippen LogP contribution in [0.4, 0.5) is 0 Å². The molecular formula is C15H16ClN3S. The first-order chi connectivity index (χ1) is 9.72. The highest BCUT2D eigenvalue weighted by atomic mass is 35.5. The maximum Gasteiger partial charge on any atom is 0.0940 e. The Morgan fingerprint density at radius 3 is 3.10 bits per heavy atom. The zero-order valence-corrected chi connectivity index (χ0v) is 12.8. The quantitative estimate of drug-likeness (QED) is 0.701. The van der Waals surface area contributed by atoms with Crippen molar-refractivity contribution in [3.63, 3.8) is 0 Å². The van der Waals surface area contributed by atoms with Crippen LogP contribution in [0.25, 0.3) is 10.9 Å². The van der Waals surface area contributed by atoms with Gasteiger partial charge in [0.05, 0.1) is 5.01 Å². The van der Waals surface area contributed by atoms with E-state index in [0.717, 1.165) is 35.7 Å². The Morgan fingerprint density at radius 1 is 1.40 bits per heavy atom. The van der Waals surface area contributed by atoms with Gasteiger partial charge in [0.2, 0.25) is 0 Å². The van der Waals surface area contributed by atoms with Crippen molar-refractivity contribution in [1.82, 2.24) is 15.3 Å². The van der Waals surface area contributed by atoms with Gasteiger partial charge in [-0.1, -0.05) is 17.7 Å². The van der Waals surface area contributed by atoms with Crippen molar-refractivity contribution in [2.24, 2.45) is 0 Å². The Morgan fingerprint density at radius 2 is 2.30 bits per heavy atom. The Kier molecular flexibility index (Phi) is 4.05. The molecule has 0 aliphatic rings. The van der Waals surface area contributed by atoms with Gasteiger partial charge in [0.25, 0.3) is 0 Å². The van der Waals surface area contributed by atoms with Gasteiger partial charge in [-0.3, -0.25) is 0 Å². The third-order valence-corrected chi connectivity index (χ3v) is 4.49. The van der Waals surface area contributed by atoms with Crippen molar-refractivity contribution in [1.29, 1.82) is 0 Å². The first-order valence-corrected chi connectivity index (χ1v) is 7.85. The van der Waals surface area contributed by atoms with Crippen molar-refractivity contribution in [2.75, 3.05) is 6.54 Å². The summed E-state index contributed by atoms with van der Waals surface area (Å²) in [7, 11) is 0. The van der Waals surface area contributed by atoms with Crippen molar-refractivity contribution in [3.8, 4) is 0 Å². The number of aromatic amines is 1. The Labute approximate surface area is 127 Å². The van der Waals surface area contributed by atoms with E-state index in [2.05, 4.69) is 26.7 Å². The molecule has 2 aromatic heterocycles. The number of hydrogen-bond donors (Lipinski definition) is 2. The molecule has 0 radical (unpaired) electrons. The smallest absolute Gasteiger partial charge is 0.0940 e. The monoisotopic (exact) mass is 305 g/mol. The maximum absolute atomic E-state index is 5.98. The topological polar surface area (TPSA) is 40.7 Å². The van der Waals surface area contributed by atoms with Gasteiger partial charge in [-0.2, -0.15) is 0 Å². The first kappa shape index (κ1) is 13.6. The molecule has 3 rings (SSSR count). The Hall–Kier alpha value is -1.36. The van der Waals surface area contributed by atoms with E-state index in [1.54, 1.807) is 11.3 Å². The molecule has 2 heterocycles. The molecule has 3 nitrogen and oxygen atoms in total. The van der Waals surface area contributed by atoms with Crippen LogP contribution in [-0.4, -0.2) is 16.5 Å². The van der Waals surface area contributed by atoms with Gasteiger partial charge in [0.15, 0.2) is 0 Å². The van der Waals surface area contributed by atoms with Gasteiger partial charge in [-0.25, -0.2) is 4.98 Å². The van der Waals surface area contributed by atoms with Gasteiger partial charge in [-0.15, -0.1) is 11.3 Å². The average Bonchev–Trinajstić information content (AvgIpc) is 3.01. The highest BCUT2D eigenvalue weighted by Crippen LogP contribution is 2.21. The summed E-state index contributed by atoms with van der Waals surface area (Å²) < 4.78 is 0. The molecule has 20 heavy (non-hydrogen) atoms. The fourth-order valence-corrected chi connectivity index (χ4v) is 3.19. The molecule has 1 aromatic carbocycles. The molecule has 5 heteroatoms. The second-order valence-corrected chi connectivity index (χ2v) is 6.19. The number of halogens is 1. The van der Waals surface area contributed by atoms with E-state index in [1.807, 2.05) is 25.3 Å². The number of nitrogens with zero attached hydrogens (tertiary/aromatic N) is 1. The van der Waals surface area contributed by atoms with Crippen LogP contribution in [-0.2, 0) is 13.0 Å². The normalized spacial score (nSPS) is 11.3. The number of aromatic nitrogens is 2. The minimum absolute atomic E-state index is 0.762.